The van der Waals surface area contributed by atoms with E-state index in [2.05, 4.69) is 47.8 Å². The molecule has 5 nitrogen and oxygen atoms in total. The molecule has 6 heteroatoms. The van der Waals surface area contributed by atoms with Crippen molar-refractivity contribution >= 4 is 22.1 Å². The number of hydrogen-bond donors (Lipinski definition) is 1. The first kappa shape index (κ1) is 23.5. The van der Waals surface area contributed by atoms with Crippen molar-refractivity contribution in [2.45, 2.75) is 32.2 Å². The van der Waals surface area contributed by atoms with Crippen LogP contribution in [0.25, 0.3) is 0 Å². The minimum atomic E-state index is -0.334. The lowest BCUT2D eigenvalue weighted by molar-refractivity contribution is -0.00924. The smallest absolute Gasteiger partial charge is 0.189 e. The molecule has 0 aliphatic heterocycles. The zero-order valence-electron chi connectivity index (χ0n) is 17.5. The maximum Gasteiger partial charge on any atom is 0.189 e. The molecule has 2 aromatic carbocycles. The van der Waals surface area contributed by atoms with E-state index < -0.39 is 0 Å². The van der Waals surface area contributed by atoms with Crippen LogP contribution < -0.4 is 4.74 Å². The van der Waals surface area contributed by atoms with Gasteiger partial charge < -0.3 is 19.3 Å². The van der Waals surface area contributed by atoms with E-state index in [1.165, 1.54) is 0 Å². The van der Waals surface area contributed by atoms with Crippen LogP contribution in [-0.2, 0) is 14.9 Å². The summed E-state index contributed by atoms with van der Waals surface area (Å²) in [6.07, 6.45) is 1.76. The van der Waals surface area contributed by atoms with Crippen LogP contribution in [0.3, 0.4) is 0 Å². The molecular weight excluding hydrogens is 434 g/mol. The average Bonchev–Trinajstić information content (AvgIpc) is 2.69. The molecule has 158 valence electrons. The van der Waals surface area contributed by atoms with Gasteiger partial charge in [0.15, 0.2) is 6.79 Å². The molecule has 0 heterocycles. The van der Waals surface area contributed by atoms with Crippen LogP contribution in [0.5, 0.6) is 5.75 Å². The van der Waals surface area contributed by atoms with Gasteiger partial charge in [0.25, 0.3) is 0 Å². The highest BCUT2D eigenvalue weighted by Gasteiger charge is 2.22. The molecular formula is C23H30BrNO4. The standard InChI is InChI=1S/C23H30BrNO4/c1-23(2,3)20-13-19(24)12-18(22(20)29-16-28-11-10-27-4)14-25-21(15-26)17-8-6-5-7-9-17/h5-9,12-14,21,26H,10-11,15-16H2,1-4H3/t21-/m1/s1. The van der Waals surface area contributed by atoms with Gasteiger partial charge in [-0.15, -0.1) is 0 Å². The predicted octanol–water partition coefficient (Wildman–Crippen LogP) is 4.90. The van der Waals surface area contributed by atoms with Crippen molar-refractivity contribution in [3.05, 3.63) is 63.6 Å². The van der Waals surface area contributed by atoms with E-state index in [1.54, 1.807) is 13.3 Å². The van der Waals surface area contributed by atoms with Gasteiger partial charge >= 0.3 is 0 Å². The third-order valence-electron chi connectivity index (χ3n) is 4.36. The first-order valence-corrected chi connectivity index (χ1v) is 10.4. The van der Waals surface area contributed by atoms with E-state index in [1.807, 2.05) is 36.4 Å². The van der Waals surface area contributed by atoms with Crippen molar-refractivity contribution in [3.8, 4) is 5.75 Å². The van der Waals surface area contributed by atoms with E-state index in [9.17, 15) is 5.11 Å². The quantitative estimate of drug-likeness (QED) is 0.309. The Balaban J connectivity index is 2.34. The lowest BCUT2D eigenvalue weighted by Crippen LogP contribution is -2.17. The Labute approximate surface area is 181 Å². The van der Waals surface area contributed by atoms with Gasteiger partial charge in [0, 0.05) is 28.9 Å². The number of aliphatic hydroxyl groups is 1. The van der Waals surface area contributed by atoms with Crippen molar-refractivity contribution in [1.29, 1.82) is 0 Å². The summed E-state index contributed by atoms with van der Waals surface area (Å²) < 4.78 is 17.5. The van der Waals surface area contributed by atoms with Gasteiger partial charge in [-0.2, -0.15) is 0 Å². The lowest BCUT2D eigenvalue weighted by atomic mass is 9.85. The van der Waals surface area contributed by atoms with Crippen molar-refractivity contribution in [2.24, 2.45) is 4.99 Å². The second-order valence-electron chi connectivity index (χ2n) is 7.67. The molecule has 0 radical (unpaired) electrons. The Hall–Kier alpha value is -1.73. The molecule has 1 N–H and O–H groups in total. The Morgan fingerprint density at radius 2 is 1.86 bits per heavy atom. The van der Waals surface area contributed by atoms with E-state index >= 15 is 0 Å². The molecule has 0 aliphatic carbocycles. The number of benzene rings is 2. The highest BCUT2D eigenvalue weighted by molar-refractivity contribution is 9.10. The molecule has 0 spiro atoms. The molecule has 0 saturated heterocycles. The number of methoxy groups -OCH3 is 1. The van der Waals surface area contributed by atoms with Crippen LogP contribution >= 0.6 is 15.9 Å². The normalized spacial score (nSPS) is 13.0. The minimum absolute atomic E-state index is 0.0725. The summed E-state index contributed by atoms with van der Waals surface area (Å²) in [5.74, 6) is 0.728. The predicted molar refractivity (Wildman–Crippen MR) is 120 cm³/mol. The second-order valence-corrected chi connectivity index (χ2v) is 8.59. The maximum atomic E-state index is 9.80. The van der Waals surface area contributed by atoms with Gasteiger partial charge in [-0.05, 0) is 23.1 Å². The van der Waals surface area contributed by atoms with Gasteiger partial charge in [-0.3, -0.25) is 4.99 Å². The third-order valence-corrected chi connectivity index (χ3v) is 4.82. The van der Waals surface area contributed by atoms with Gasteiger partial charge in [-0.1, -0.05) is 67.0 Å². The van der Waals surface area contributed by atoms with Crippen LogP contribution in [0.4, 0.5) is 0 Å². The van der Waals surface area contributed by atoms with E-state index in [-0.39, 0.29) is 24.9 Å². The molecule has 1 atom stereocenters. The highest BCUT2D eigenvalue weighted by Crippen LogP contribution is 2.36. The molecule has 0 aromatic heterocycles. The maximum absolute atomic E-state index is 9.80. The Bertz CT molecular complexity index is 787. The number of halogens is 1. The summed E-state index contributed by atoms with van der Waals surface area (Å²) in [6.45, 7) is 7.42. The van der Waals surface area contributed by atoms with Gasteiger partial charge in [0.05, 0.1) is 25.9 Å². The van der Waals surface area contributed by atoms with Crippen molar-refractivity contribution in [2.75, 3.05) is 33.7 Å². The van der Waals surface area contributed by atoms with Crippen molar-refractivity contribution in [1.82, 2.24) is 0 Å². The molecule has 0 fully saturated rings. The lowest BCUT2D eigenvalue weighted by Gasteiger charge is -2.24. The fraction of sp³-hybridized carbons (Fsp3) is 0.435. The Morgan fingerprint density at radius 3 is 2.48 bits per heavy atom. The number of nitrogens with zero attached hydrogens (tertiary/aromatic N) is 1. The fourth-order valence-corrected chi connectivity index (χ4v) is 3.29. The number of aliphatic hydroxyl groups excluding tert-OH is 1. The third kappa shape index (κ3) is 7.23. The zero-order chi connectivity index (χ0) is 21.3. The van der Waals surface area contributed by atoms with Gasteiger partial charge in [0.2, 0.25) is 0 Å². The topological polar surface area (TPSA) is 60.3 Å². The van der Waals surface area contributed by atoms with Crippen molar-refractivity contribution in [3.63, 3.8) is 0 Å². The summed E-state index contributed by atoms with van der Waals surface area (Å²) in [6, 6.07) is 13.4. The first-order valence-electron chi connectivity index (χ1n) is 9.59. The van der Waals surface area contributed by atoms with Crippen LogP contribution in [0, 0.1) is 0 Å². The molecule has 2 aromatic rings. The van der Waals surface area contributed by atoms with Crippen LogP contribution in [0.2, 0.25) is 0 Å². The SMILES string of the molecule is COCCOCOc1c(C=N[C@H](CO)c2ccccc2)cc(Br)cc1C(C)(C)C. The average molecular weight is 464 g/mol. The summed E-state index contributed by atoms with van der Waals surface area (Å²) in [4.78, 5) is 4.63. The molecule has 0 unspecified atom stereocenters. The molecule has 29 heavy (non-hydrogen) atoms. The van der Waals surface area contributed by atoms with Gasteiger partial charge in [0.1, 0.15) is 5.75 Å². The monoisotopic (exact) mass is 463 g/mol. The highest BCUT2D eigenvalue weighted by atomic mass is 79.9. The summed E-state index contributed by atoms with van der Waals surface area (Å²) in [7, 11) is 1.63. The van der Waals surface area contributed by atoms with Gasteiger partial charge in [-0.25, -0.2) is 0 Å². The fourth-order valence-electron chi connectivity index (χ4n) is 2.81. The van der Waals surface area contributed by atoms with Crippen LogP contribution in [0.1, 0.15) is 43.5 Å². The summed E-state index contributed by atoms with van der Waals surface area (Å²) in [5.41, 5.74) is 2.70. The van der Waals surface area contributed by atoms with Crippen LogP contribution in [-0.4, -0.2) is 45.0 Å². The van der Waals surface area contributed by atoms with E-state index in [0.717, 1.165) is 26.9 Å². The Morgan fingerprint density at radius 1 is 1.14 bits per heavy atom. The number of ether oxygens (including phenoxy) is 3. The largest absolute Gasteiger partial charge is 0.467 e. The zero-order valence-corrected chi connectivity index (χ0v) is 19.1. The Kier molecular flexibility index (Phi) is 9.30. The molecule has 0 amide bonds. The number of hydrogen-bond acceptors (Lipinski definition) is 5. The summed E-state index contributed by atoms with van der Waals surface area (Å²) >= 11 is 3.60. The first-order chi connectivity index (χ1) is 13.9. The van der Waals surface area contributed by atoms with Crippen LogP contribution in [0.15, 0.2) is 51.9 Å². The van der Waals surface area contributed by atoms with Crippen molar-refractivity contribution < 1.29 is 19.3 Å². The van der Waals surface area contributed by atoms with E-state index in [4.69, 9.17) is 14.2 Å². The minimum Gasteiger partial charge on any atom is -0.467 e. The molecule has 2 rings (SSSR count). The second kappa shape index (κ2) is 11.5. The molecule has 0 bridgehead atoms. The molecule has 0 saturated carbocycles. The molecule has 0 aliphatic rings. The number of aliphatic imine (C=N–C) groups is 1. The summed E-state index contributed by atoms with van der Waals surface area (Å²) in [5, 5.41) is 9.80. The number of rotatable bonds is 10. The van der Waals surface area contributed by atoms with E-state index in [0.29, 0.717) is 13.2 Å².